The number of unbranched alkanes of at least 4 members (excludes halogenated alkanes) is 40. The van der Waals surface area contributed by atoms with Gasteiger partial charge in [0, 0.05) is 0 Å². The van der Waals surface area contributed by atoms with Gasteiger partial charge in [-0.3, -0.25) is 0 Å². The highest BCUT2D eigenvalue weighted by molar-refractivity contribution is 4.87. The first-order valence-corrected chi connectivity index (χ1v) is 27.7. The van der Waals surface area contributed by atoms with E-state index >= 15 is 0 Å². The van der Waals surface area contributed by atoms with E-state index in [0.717, 1.165) is 5.92 Å². The van der Waals surface area contributed by atoms with E-state index in [-0.39, 0.29) is 0 Å². The van der Waals surface area contributed by atoms with Crippen molar-refractivity contribution in [3.05, 3.63) is 0 Å². The average molecular weight is 788 g/mol. The first kappa shape index (κ1) is 56.0. The van der Waals surface area contributed by atoms with Crippen LogP contribution in [0.5, 0.6) is 0 Å². The van der Waals surface area contributed by atoms with Crippen LogP contribution >= 0.6 is 0 Å². The Morgan fingerprint density at radius 3 is 0.589 bits per heavy atom. The zero-order valence-corrected chi connectivity index (χ0v) is 40.7. The predicted molar refractivity (Wildman–Crippen MR) is 261 cm³/mol. The van der Waals surface area contributed by atoms with E-state index in [1.54, 1.807) is 19.3 Å². The van der Waals surface area contributed by atoms with Crippen molar-refractivity contribution in [2.45, 2.75) is 349 Å². The summed E-state index contributed by atoms with van der Waals surface area (Å²) in [4.78, 5) is 0. The third-order valence-corrected chi connectivity index (χ3v) is 14.3. The molecule has 0 nitrogen and oxygen atoms in total. The van der Waals surface area contributed by atoms with Gasteiger partial charge in [-0.05, 0) is 37.0 Å². The summed E-state index contributed by atoms with van der Waals surface area (Å²) in [5, 5.41) is 0. The minimum Gasteiger partial charge on any atom is -0.0654 e. The molecule has 0 aliphatic carbocycles. The van der Waals surface area contributed by atoms with Gasteiger partial charge in [0.2, 0.25) is 0 Å². The Morgan fingerprint density at radius 1 is 0.214 bits per heavy atom. The van der Waals surface area contributed by atoms with Gasteiger partial charge < -0.3 is 0 Å². The molecule has 0 aliphatic heterocycles. The molecule has 0 fully saturated rings. The van der Waals surface area contributed by atoms with Gasteiger partial charge >= 0.3 is 0 Å². The number of hydrogen-bond acceptors (Lipinski definition) is 0. The van der Waals surface area contributed by atoms with Crippen LogP contribution in [0.1, 0.15) is 349 Å². The molecule has 0 bridgehead atoms. The van der Waals surface area contributed by atoms with Gasteiger partial charge in [0.1, 0.15) is 0 Å². The molecular weight excluding hydrogens is 673 g/mol. The van der Waals surface area contributed by atoms with Gasteiger partial charge in [0.25, 0.3) is 0 Å². The van der Waals surface area contributed by atoms with Crippen LogP contribution < -0.4 is 0 Å². The van der Waals surface area contributed by atoms with Gasteiger partial charge in [-0.2, -0.15) is 0 Å². The highest BCUT2D eigenvalue weighted by Gasteiger charge is 2.35. The second-order valence-electron chi connectivity index (χ2n) is 19.6. The van der Waals surface area contributed by atoms with Gasteiger partial charge in [-0.25, -0.2) is 0 Å². The van der Waals surface area contributed by atoms with E-state index in [1.807, 2.05) is 0 Å². The average Bonchev–Trinajstić information content (AvgIpc) is 3.21. The van der Waals surface area contributed by atoms with Crippen LogP contribution in [-0.4, -0.2) is 0 Å². The fraction of sp³-hybridized carbons (Fsp3) is 1.00. The van der Waals surface area contributed by atoms with E-state index < -0.39 is 0 Å². The number of hydrogen-bond donors (Lipinski definition) is 0. The molecule has 0 spiro atoms. The third-order valence-electron chi connectivity index (χ3n) is 14.3. The molecule has 0 aromatic rings. The van der Waals surface area contributed by atoms with E-state index in [1.165, 1.54) is 295 Å². The quantitative estimate of drug-likeness (QED) is 0.0539. The standard InChI is InChI=1S/C56H114/c1-6-11-15-19-23-27-31-35-39-43-47-51-55(10-5)56(52-48-44-40-36-32-28-24-20-16-12-7-2,53-49-45-41-37-33-29-25-21-17-13-8-3)54-50-46-42-38-34-30-26-22-18-14-9-4/h55H,6-54H2,1-5H3. The monoisotopic (exact) mass is 787 g/mol. The Morgan fingerprint density at radius 2 is 0.393 bits per heavy atom. The van der Waals surface area contributed by atoms with Crippen LogP contribution in [0.15, 0.2) is 0 Å². The predicted octanol–water partition coefficient (Wildman–Crippen LogP) is 21.8. The van der Waals surface area contributed by atoms with Crippen LogP contribution in [0.2, 0.25) is 0 Å². The molecule has 0 heterocycles. The summed E-state index contributed by atoms with van der Waals surface area (Å²) in [6, 6.07) is 0. The first-order chi connectivity index (χ1) is 27.7. The summed E-state index contributed by atoms with van der Waals surface area (Å²) >= 11 is 0. The summed E-state index contributed by atoms with van der Waals surface area (Å²) in [6.07, 6.45) is 72.5. The Bertz CT molecular complexity index is 613. The maximum Gasteiger partial charge on any atom is -0.0269 e. The molecule has 0 radical (unpaired) electrons. The van der Waals surface area contributed by atoms with E-state index in [4.69, 9.17) is 0 Å². The Balaban J connectivity index is 5.19. The smallest absolute Gasteiger partial charge is 0.0269 e. The van der Waals surface area contributed by atoms with Gasteiger partial charge in [-0.15, -0.1) is 0 Å². The topological polar surface area (TPSA) is 0 Å². The molecule has 0 saturated heterocycles. The lowest BCUT2D eigenvalue weighted by atomic mass is 9.63. The van der Waals surface area contributed by atoms with E-state index in [9.17, 15) is 0 Å². The van der Waals surface area contributed by atoms with Crippen molar-refractivity contribution in [1.82, 2.24) is 0 Å². The van der Waals surface area contributed by atoms with Crippen molar-refractivity contribution < 1.29 is 0 Å². The molecule has 0 N–H and O–H groups in total. The molecular formula is C56H114. The molecule has 0 aliphatic rings. The minimum absolute atomic E-state index is 0.630. The fourth-order valence-corrected chi connectivity index (χ4v) is 10.4. The third kappa shape index (κ3) is 38.2. The largest absolute Gasteiger partial charge is 0.0654 e. The highest BCUT2D eigenvalue weighted by atomic mass is 14.4. The van der Waals surface area contributed by atoms with E-state index in [0.29, 0.717) is 5.41 Å². The molecule has 0 aromatic carbocycles. The Hall–Kier alpha value is 0. The second kappa shape index (κ2) is 47.7. The summed E-state index contributed by atoms with van der Waals surface area (Å²) in [5.41, 5.74) is 0.630. The molecule has 0 amide bonds. The van der Waals surface area contributed by atoms with Crippen LogP contribution in [0.4, 0.5) is 0 Å². The molecule has 0 rings (SSSR count). The van der Waals surface area contributed by atoms with Crippen molar-refractivity contribution in [1.29, 1.82) is 0 Å². The van der Waals surface area contributed by atoms with Gasteiger partial charge in [-0.1, -0.05) is 324 Å². The SMILES string of the molecule is CCCCCCCCCCCCCC(CC)C(CCCCCCCCCCCCC)(CCCCCCCCCCCCC)CCCCCCCCCCCCC. The molecule has 0 saturated carbocycles. The Labute approximate surface area is 359 Å². The van der Waals surface area contributed by atoms with Gasteiger partial charge in [0.05, 0.1) is 0 Å². The van der Waals surface area contributed by atoms with Crippen molar-refractivity contribution in [2.24, 2.45) is 11.3 Å². The van der Waals surface area contributed by atoms with Crippen LogP contribution in [-0.2, 0) is 0 Å². The summed E-state index contributed by atoms with van der Waals surface area (Å²) in [6.45, 7) is 12.0. The van der Waals surface area contributed by atoms with Crippen molar-refractivity contribution in [2.75, 3.05) is 0 Å². The molecule has 0 aromatic heterocycles. The first-order valence-electron chi connectivity index (χ1n) is 27.7. The molecule has 0 heteroatoms. The maximum absolute atomic E-state index is 2.60. The molecule has 1 unspecified atom stereocenters. The zero-order chi connectivity index (χ0) is 40.7. The minimum atomic E-state index is 0.630. The molecule has 1 atom stereocenters. The van der Waals surface area contributed by atoms with Crippen LogP contribution in [0.25, 0.3) is 0 Å². The molecule has 338 valence electrons. The van der Waals surface area contributed by atoms with E-state index in [2.05, 4.69) is 34.6 Å². The summed E-state index contributed by atoms with van der Waals surface area (Å²) < 4.78 is 0. The number of rotatable bonds is 50. The van der Waals surface area contributed by atoms with Crippen LogP contribution in [0, 0.1) is 11.3 Å². The lowest BCUT2D eigenvalue weighted by Gasteiger charge is -2.42. The summed E-state index contributed by atoms with van der Waals surface area (Å²) in [5.74, 6) is 0.968. The Kier molecular flexibility index (Phi) is 47.7. The maximum atomic E-state index is 2.60. The van der Waals surface area contributed by atoms with Gasteiger partial charge in [0.15, 0.2) is 0 Å². The lowest BCUT2D eigenvalue weighted by Crippen LogP contribution is -2.31. The van der Waals surface area contributed by atoms with Crippen molar-refractivity contribution in [3.8, 4) is 0 Å². The second-order valence-corrected chi connectivity index (χ2v) is 19.6. The van der Waals surface area contributed by atoms with Crippen LogP contribution in [0.3, 0.4) is 0 Å². The lowest BCUT2D eigenvalue weighted by molar-refractivity contribution is 0.0869. The molecule has 56 heavy (non-hydrogen) atoms. The zero-order valence-electron chi connectivity index (χ0n) is 40.7. The van der Waals surface area contributed by atoms with Crippen molar-refractivity contribution in [3.63, 3.8) is 0 Å². The fourth-order valence-electron chi connectivity index (χ4n) is 10.4. The normalized spacial score (nSPS) is 12.6. The summed E-state index contributed by atoms with van der Waals surface area (Å²) in [7, 11) is 0. The highest BCUT2D eigenvalue weighted by Crippen LogP contribution is 2.47. The van der Waals surface area contributed by atoms with Crippen molar-refractivity contribution >= 4 is 0 Å².